The van der Waals surface area contributed by atoms with Gasteiger partial charge in [0.1, 0.15) is 5.21 Å². The first kappa shape index (κ1) is 25.7. The molecule has 0 spiro atoms. The van der Waals surface area contributed by atoms with Gasteiger partial charge in [0.2, 0.25) is 10.0 Å². The SMILES string of the molecule is O=S(=O)(CCl)N[C@@H](c1ccccc1)[C@@H](NCCCc1ccccc1)c1ccccc1.[Ru+2]. The van der Waals surface area contributed by atoms with Crippen LogP contribution >= 0.6 is 11.6 Å². The third-order valence-corrected chi connectivity index (χ3v) is 6.71. The molecular formula is C24H27ClN2O2RuS+2. The molecule has 0 saturated carbocycles. The van der Waals surface area contributed by atoms with Gasteiger partial charge in [-0.05, 0) is 36.1 Å². The van der Waals surface area contributed by atoms with Gasteiger partial charge in [0.25, 0.3) is 0 Å². The van der Waals surface area contributed by atoms with E-state index in [0.717, 1.165) is 30.5 Å². The van der Waals surface area contributed by atoms with Gasteiger partial charge in [-0.15, -0.1) is 11.6 Å². The zero-order valence-electron chi connectivity index (χ0n) is 17.1. The van der Waals surface area contributed by atoms with Crippen LogP contribution in [0, 0.1) is 0 Å². The molecule has 4 nitrogen and oxygen atoms in total. The van der Waals surface area contributed by atoms with Crippen molar-refractivity contribution in [2.24, 2.45) is 0 Å². The second-order valence-corrected chi connectivity index (χ2v) is 9.50. The molecule has 0 saturated heterocycles. The first-order valence-electron chi connectivity index (χ1n) is 10.0. The largest absolute Gasteiger partial charge is 2.00 e. The van der Waals surface area contributed by atoms with E-state index in [0.29, 0.717) is 0 Å². The maximum Gasteiger partial charge on any atom is 2.00 e. The molecular weight excluding hydrogens is 517 g/mol. The molecule has 31 heavy (non-hydrogen) atoms. The van der Waals surface area contributed by atoms with Crippen LogP contribution in [0.25, 0.3) is 0 Å². The van der Waals surface area contributed by atoms with Crippen molar-refractivity contribution in [1.29, 1.82) is 0 Å². The first-order valence-corrected chi connectivity index (χ1v) is 12.2. The van der Waals surface area contributed by atoms with Crippen molar-refractivity contribution >= 4 is 21.6 Å². The molecule has 164 valence electrons. The summed E-state index contributed by atoms with van der Waals surface area (Å²) >= 11 is 5.70. The predicted octanol–water partition coefficient (Wildman–Crippen LogP) is 4.80. The smallest absolute Gasteiger partial charge is 0.308 e. The molecule has 0 aliphatic rings. The summed E-state index contributed by atoms with van der Waals surface area (Å²) in [4.78, 5) is 0. The Morgan fingerprint density at radius 3 is 1.74 bits per heavy atom. The van der Waals surface area contributed by atoms with Crippen LogP contribution in [0.4, 0.5) is 0 Å². The van der Waals surface area contributed by atoms with Crippen molar-refractivity contribution < 1.29 is 27.9 Å². The Labute approximate surface area is 203 Å². The third-order valence-electron chi connectivity index (χ3n) is 4.95. The van der Waals surface area contributed by atoms with Crippen molar-refractivity contribution in [2.45, 2.75) is 24.9 Å². The van der Waals surface area contributed by atoms with Crippen LogP contribution in [0.3, 0.4) is 0 Å². The molecule has 3 rings (SSSR count). The average molecular weight is 544 g/mol. The zero-order chi connectivity index (χ0) is 21.2. The number of hydrogen-bond donors (Lipinski definition) is 2. The van der Waals surface area contributed by atoms with Crippen LogP contribution in [-0.2, 0) is 35.9 Å². The van der Waals surface area contributed by atoms with E-state index in [1.807, 2.05) is 78.9 Å². The molecule has 0 amide bonds. The van der Waals surface area contributed by atoms with Gasteiger partial charge in [0.15, 0.2) is 0 Å². The van der Waals surface area contributed by atoms with Gasteiger partial charge < -0.3 is 5.32 Å². The van der Waals surface area contributed by atoms with E-state index in [-0.39, 0.29) is 25.5 Å². The van der Waals surface area contributed by atoms with Crippen LogP contribution in [0.5, 0.6) is 0 Å². The Bertz CT molecular complexity index is 990. The zero-order valence-corrected chi connectivity index (χ0v) is 20.4. The molecule has 0 aromatic heterocycles. The fourth-order valence-electron chi connectivity index (χ4n) is 3.50. The Morgan fingerprint density at radius 2 is 1.23 bits per heavy atom. The summed E-state index contributed by atoms with van der Waals surface area (Å²) in [5, 5.41) is 3.10. The van der Waals surface area contributed by atoms with E-state index in [1.54, 1.807) is 0 Å². The molecule has 0 radical (unpaired) electrons. The maximum atomic E-state index is 12.4. The van der Waals surface area contributed by atoms with Crippen molar-refractivity contribution in [3.05, 3.63) is 108 Å². The molecule has 0 aliphatic heterocycles. The number of benzene rings is 3. The fraction of sp³-hybridized carbons (Fsp3) is 0.250. The first-order chi connectivity index (χ1) is 14.6. The van der Waals surface area contributed by atoms with Crippen molar-refractivity contribution in [3.63, 3.8) is 0 Å². The van der Waals surface area contributed by atoms with E-state index in [4.69, 9.17) is 11.6 Å². The van der Waals surface area contributed by atoms with Gasteiger partial charge in [0.05, 0.1) is 12.1 Å². The van der Waals surface area contributed by atoms with Crippen molar-refractivity contribution in [3.8, 4) is 0 Å². The van der Waals surface area contributed by atoms with Crippen LogP contribution in [0.1, 0.15) is 35.2 Å². The molecule has 0 aliphatic carbocycles. The number of rotatable bonds is 11. The van der Waals surface area contributed by atoms with Gasteiger partial charge in [-0.3, -0.25) is 0 Å². The molecule has 3 aromatic carbocycles. The molecule has 3 aromatic rings. The summed E-state index contributed by atoms with van der Waals surface area (Å²) in [6.07, 6.45) is 1.90. The minimum absolute atomic E-state index is 0. The Morgan fingerprint density at radius 1 is 0.742 bits per heavy atom. The molecule has 7 heteroatoms. The Hall–Kier alpha value is -1.56. The topological polar surface area (TPSA) is 58.2 Å². The molecule has 0 heterocycles. The molecule has 0 bridgehead atoms. The second kappa shape index (κ2) is 13.1. The number of hydrogen-bond acceptors (Lipinski definition) is 3. The normalized spacial score (nSPS) is 13.2. The van der Waals surface area contributed by atoms with Crippen molar-refractivity contribution in [2.75, 3.05) is 11.8 Å². The summed E-state index contributed by atoms with van der Waals surface area (Å²) in [7, 11) is -3.62. The molecule has 2 N–H and O–H groups in total. The number of sulfonamides is 1. The van der Waals surface area contributed by atoms with Gasteiger partial charge in [0, 0.05) is 0 Å². The van der Waals surface area contributed by atoms with Crippen LogP contribution < -0.4 is 10.0 Å². The van der Waals surface area contributed by atoms with E-state index in [9.17, 15) is 8.42 Å². The average Bonchev–Trinajstić information content (AvgIpc) is 2.80. The van der Waals surface area contributed by atoms with E-state index in [2.05, 4.69) is 22.2 Å². The third kappa shape index (κ3) is 8.14. The predicted molar refractivity (Wildman–Crippen MR) is 124 cm³/mol. The maximum absolute atomic E-state index is 12.4. The van der Waals surface area contributed by atoms with Crippen LogP contribution in [0.2, 0.25) is 0 Å². The number of alkyl halides is 1. The standard InChI is InChI=1S/C24H27ClN2O2S.Ru/c25-19-30(28,29)27-24(22-16-8-3-9-17-22)23(21-14-6-2-7-15-21)26-18-10-13-20-11-4-1-5-12-20;/h1-9,11-12,14-17,23-24,26-27H,10,13,18-19H2;/q;+2/t23-,24-;/m0./s1. The Balaban J connectivity index is 0.00000341. The fourth-order valence-corrected chi connectivity index (χ4v) is 4.41. The van der Waals surface area contributed by atoms with Gasteiger partial charge in [-0.2, -0.15) is 0 Å². The van der Waals surface area contributed by atoms with Crippen LogP contribution in [0.15, 0.2) is 91.0 Å². The number of aryl methyl sites for hydroxylation is 1. The number of halogens is 1. The summed E-state index contributed by atoms with van der Waals surface area (Å²) in [5.41, 5.74) is 3.19. The second-order valence-electron chi connectivity index (χ2n) is 7.16. The van der Waals surface area contributed by atoms with Crippen LogP contribution in [-0.4, -0.2) is 20.2 Å². The summed E-state index contributed by atoms with van der Waals surface area (Å²) in [6.45, 7) is 0.750. The molecule has 2 atom stereocenters. The van der Waals surface area contributed by atoms with Gasteiger partial charge in [-0.1, -0.05) is 91.0 Å². The van der Waals surface area contributed by atoms with Crippen molar-refractivity contribution in [1.82, 2.24) is 10.0 Å². The summed E-state index contributed by atoms with van der Waals surface area (Å²) in [5.74, 6) is 0. The summed E-state index contributed by atoms with van der Waals surface area (Å²) < 4.78 is 27.5. The minimum Gasteiger partial charge on any atom is -0.308 e. The monoisotopic (exact) mass is 544 g/mol. The molecule has 0 unspecified atom stereocenters. The van der Waals surface area contributed by atoms with E-state index in [1.165, 1.54) is 5.56 Å². The van der Waals surface area contributed by atoms with Gasteiger partial charge in [-0.25, -0.2) is 13.1 Å². The minimum atomic E-state index is -3.62. The summed E-state index contributed by atoms with van der Waals surface area (Å²) in [6, 6.07) is 29.2. The Kier molecular flexibility index (Phi) is 10.9. The number of nitrogens with one attached hydrogen (secondary N) is 2. The van der Waals surface area contributed by atoms with Gasteiger partial charge >= 0.3 is 19.5 Å². The van der Waals surface area contributed by atoms with E-state index >= 15 is 0 Å². The molecule has 0 fully saturated rings. The van der Waals surface area contributed by atoms with E-state index < -0.39 is 21.3 Å². The quantitative estimate of drug-likeness (QED) is 0.207.